The maximum atomic E-state index is 11.8. The highest BCUT2D eigenvalue weighted by Crippen LogP contribution is 2.29. The summed E-state index contributed by atoms with van der Waals surface area (Å²) in [7, 11) is 0. The molecule has 2 heterocycles. The molecule has 0 aromatic carbocycles. The second kappa shape index (κ2) is 4.81. The van der Waals surface area contributed by atoms with Gasteiger partial charge in [0.1, 0.15) is 5.69 Å². The van der Waals surface area contributed by atoms with Gasteiger partial charge in [-0.15, -0.1) is 11.3 Å². The van der Waals surface area contributed by atoms with Crippen LogP contribution < -0.4 is 5.56 Å². The van der Waals surface area contributed by atoms with Gasteiger partial charge in [-0.2, -0.15) is 0 Å². The van der Waals surface area contributed by atoms with Gasteiger partial charge in [0.15, 0.2) is 5.82 Å². The van der Waals surface area contributed by atoms with E-state index in [2.05, 4.69) is 35.7 Å². The van der Waals surface area contributed by atoms with E-state index >= 15 is 0 Å². The first kappa shape index (κ1) is 14.9. The lowest BCUT2D eigenvalue weighted by Crippen LogP contribution is -2.20. The lowest BCUT2D eigenvalue weighted by Gasteiger charge is -2.17. The summed E-state index contributed by atoms with van der Waals surface area (Å²) in [6.45, 7) is 12.5. The number of thiazole rings is 1. The average molecular weight is 291 g/mol. The van der Waals surface area contributed by atoms with Gasteiger partial charge in [-0.1, -0.05) is 41.5 Å². The molecule has 0 saturated carbocycles. The molecule has 0 amide bonds. The minimum atomic E-state index is -0.161. The Morgan fingerprint density at radius 1 is 1.05 bits per heavy atom. The summed E-state index contributed by atoms with van der Waals surface area (Å²) < 4.78 is 0. The molecule has 1 N–H and O–H groups in total. The minimum absolute atomic E-state index is 0.00481. The molecule has 108 valence electrons. The van der Waals surface area contributed by atoms with E-state index in [9.17, 15) is 4.79 Å². The van der Waals surface area contributed by atoms with Crippen LogP contribution >= 0.6 is 11.3 Å². The first-order valence-corrected chi connectivity index (χ1v) is 7.53. The molecule has 0 atom stereocenters. The molecule has 0 saturated heterocycles. The first-order valence-electron chi connectivity index (χ1n) is 6.65. The second-order valence-corrected chi connectivity index (χ2v) is 7.88. The number of aromatic nitrogens is 3. The summed E-state index contributed by atoms with van der Waals surface area (Å²) in [4.78, 5) is 23.8. The molecule has 2 rings (SSSR count). The van der Waals surface area contributed by atoms with Gasteiger partial charge in [-0.05, 0) is 0 Å². The molecule has 2 aromatic rings. The number of hydrogen-bond acceptors (Lipinski definition) is 4. The molecule has 0 bridgehead atoms. The maximum absolute atomic E-state index is 11.8. The number of H-pyrrole nitrogens is 1. The predicted molar refractivity (Wildman–Crippen MR) is 83.4 cm³/mol. The Kier molecular flexibility index (Phi) is 3.58. The van der Waals surface area contributed by atoms with Gasteiger partial charge in [0, 0.05) is 22.3 Å². The third-order valence-corrected chi connectivity index (χ3v) is 4.17. The maximum Gasteiger partial charge on any atom is 0.251 e. The van der Waals surface area contributed by atoms with Crippen molar-refractivity contribution in [3.05, 3.63) is 32.5 Å². The SMILES string of the molecule is CC(C)(C)c1cc(=O)[nH]c(-c2csc(C(C)(C)C)n2)n1. The van der Waals surface area contributed by atoms with Crippen LogP contribution in [-0.2, 0) is 10.8 Å². The molecule has 20 heavy (non-hydrogen) atoms. The molecule has 0 aliphatic heterocycles. The van der Waals surface area contributed by atoms with Crippen molar-refractivity contribution in [2.45, 2.75) is 52.4 Å². The van der Waals surface area contributed by atoms with Crippen molar-refractivity contribution in [3.63, 3.8) is 0 Å². The monoisotopic (exact) mass is 291 g/mol. The third kappa shape index (κ3) is 3.15. The fraction of sp³-hybridized carbons (Fsp3) is 0.533. The van der Waals surface area contributed by atoms with Crippen molar-refractivity contribution in [1.82, 2.24) is 15.0 Å². The summed E-state index contributed by atoms with van der Waals surface area (Å²) in [5.74, 6) is 0.550. The number of nitrogens with one attached hydrogen (secondary N) is 1. The van der Waals surface area contributed by atoms with Gasteiger partial charge in [0.25, 0.3) is 5.56 Å². The molecule has 4 nitrogen and oxygen atoms in total. The van der Waals surface area contributed by atoms with E-state index in [1.165, 1.54) is 0 Å². The van der Waals surface area contributed by atoms with Gasteiger partial charge in [0.05, 0.1) is 10.7 Å². The van der Waals surface area contributed by atoms with Crippen LogP contribution in [0.4, 0.5) is 0 Å². The van der Waals surface area contributed by atoms with Gasteiger partial charge in [0.2, 0.25) is 0 Å². The van der Waals surface area contributed by atoms with E-state index in [-0.39, 0.29) is 16.4 Å². The molecule has 0 aliphatic carbocycles. The van der Waals surface area contributed by atoms with E-state index in [1.54, 1.807) is 17.4 Å². The number of nitrogens with zero attached hydrogens (tertiary/aromatic N) is 2. The van der Waals surface area contributed by atoms with E-state index in [0.717, 1.165) is 16.4 Å². The molecule has 0 fully saturated rings. The Balaban J connectivity index is 2.51. The van der Waals surface area contributed by atoms with Crippen LogP contribution in [0.2, 0.25) is 0 Å². The Hall–Kier alpha value is -1.49. The van der Waals surface area contributed by atoms with E-state index in [0.29, 0.717) is 5.82 Å². The zero-order valence-corrected chi connectivity index (χ0v) is 13.7. The van der Waals surface area contributed by atoms with Crippen LogP contribution in [0.1, 0.15) is 52.2 Å². The fourth-order valence-corrected chi connectivity index (χ4v) is 2.58. The van der Waals surface area contributed by atoms with Crippen molar-refractivity contribution in [2.75, 3.05) is 0 Å². The summed E-state index contributed by atoms with van der Waals surface area (Å²) in [5, 5.41) is 2.99. The highest BCUT2D eigenvalue weighted by atomic mass is 32.1. The van der Waals surface area contributed by atoms with Gasteiger partial charge >= 0.3 is 0 Å². The Bertz CT molecular complexity index is 671. The number of rotatable bonds is 1. The van der Waals surface area contributed by atoms with Crippen molar-refractivity contribution >= 4 is 11.3 Å². The van der Waals surface area contributed by atoms with Crippen LogP contribution in [0.5, 0.6) is 0 Å². The predicted octanol–water partition coefficient (Wildman–Crippen LogP) is 3.49. The van der Waals surface area contributed by atoms with Crippen LogP contribution in [0.25, 0.3) is 11.5 Å². The van der Waals surface area contributed by atoms with Gasteiger partial charge in [-0.3, -0.25) is 4.79 Å². The third-order valence-electron chi connectivity index (χ3n) is 2.90. The largest absolute Gasteiger partial charge is 0.305 e. The molecule has 0 radical (unpaired) electrons. The minimum Gasteiger partial charge on any atom is -0.305 e. The Labute approximate surface area is 123 Å². The molecule has 0 aliphatic rings. The lowest BCUT2D eigenvalue weighted by atomic mass is 9.92. The molecule has 5 heteroatoms. The normalized spacial score (nSPS) is 12.7. The van der Waals surface area contributed by atoms with Crippen LogP contribution in [-0.4, -0.2) is 15.0 Å². The standard InChI is InChI=1S/C15H21N3OS/c1-14(2,3)10-7-11(19)18-12(17-10)9-8-20-13(16-9)15(4,5)6/h7-8H,1-6H3,(H,17,18,19). The molecular formula is C15H21N3OS. The molecule has 0 spiro atoms. The summed E-state index contributed by atoms with van der Waals surface area (Å²) in [5.41, 5.74) is 1.23. The number of aromatic amines is 1. The fourth-order valence-electron chi connectivity index (χ4n) is 1.69. The van der Waals surface area contributed by atoms with E-state index in [1.807, 2.05) is 26.2 Å². The zero-order valence-electron chi connectivity index (χ0n) is 12.9. The molecule has 2 aromatic heterocycles. The van der Waals surface area contributed by atoms with Gasteiger partial charge in [-0.25, -0.2) is 9.97 Å². The summed E-state index contributed by atoms with van der Waals surface area (Å²) in [6.07, 6.45) is 0. The Morgan fingerprint density at radius 3 is 2.20 bits per heavy atom. The van der Waals surface area contributed by atoms with Crippen LogP contribution in [0.3, 0.4) is 0 Å². The first-order chi connectivity index (χ1) is 9.07. The summed E-state index contributed by atoms with van der Waals surface area (Å²) in [6, 6.07) is 1.56. The summed E-state index contributed by atoms with van der Waals surface area (Å²) >= 11 is 1.60. The zero-order chi connectivity index (χ0) is 15.1. The molecule has 0 unspecified atom stereocenters. The van der Waals surface area contributed by atoms with Crippen LogP contribution in [0, 0.1) is 0 Å². The van der Waals surface area contributed by atoms with Crippen molar-refractivity contribution in [3.8, 4) is 11.5 Å². The average Bonchev–Trinajstić information content (AvgIpc) is 2.75. The number of hydrogen-bond donors (Lipinski definition) is 1. The van der Waals surface area contributed by atoms with E-state index in [4.69, 9.17) is 0 Å². The highest BCUT2D eigenvalue weighted by molar-refractivity contribution is 7.10. The van der Waals surface area contributed by atoms with Crippen LogP contribution in [0.15, 0.2) is 16.2 Å². The Morgan fingerprint density at radius 2 is 1.70 bits per heavy atom. The van der Waals surface area contributed by atoms with E-state index < -0.39 is 0 Å². The lowest BCUT2D eigenvalue weighted by molar-refractivity contribution is 0.566. The quantitative estimate of drug-likeness (QED) is 0.875. The smallest absolute Gasteiger partial charge is 0.251 e. The van der Waals surface area contributed by atoms with Crippen molar-refractivity contribution in [1.29, 1.82) is 0 Å². The highest BCUT2D eigenvalue weighted by Gasteiger charge is 2.21. The second-order valence-electron chi connectivity index (χ2n) is 7.02. The van der Waals surface area contributed by atoms with Crippen molar-refractivity contribution in [2.24, 2.45) is 0 Å². The van der Waals surface area contributed by atoms with Crippen molar-refractivity contribution < 1.29 is 0 Å². The topological polar surface area (TPSA) is 58.6 Å². The van der Waals surface area contributed by atoms with Gasteiger partial charge < -0.3 is 4.98 Å². The molecular weight excluding hydrogens is 270 g/mol.